The lowest BCUT2D eigenvalue weighted by Crippen LogP contribution is -2.41. The Kier molecular flexibility index (Phi) is 3.17. The van der Waals surface area contributed by atoms with Gasteiger partial charge in [0.05, 0.1) is 12.1 Å². The molecule has 1 aliphatic heterocycles. The second-order valence-electron chi connectivity index (χ2n) is 5.05. The van der Waals surface area contributed by atoms with E-state index in [2.05, 4.69) is 20.2 Å². The van der Waals surface area contributed by atoms with Gasteiger partial charge in [-0.2, -0.15) is 0 Å². The van der Waals surface area contributed by atoms with Gasteiger partial charge < -0.3 is 20.4 Å². The average Bonchev–Trinajstić information content (AvgIpc) is 2.94. The zero-order chi connectivity index (χ0) is 14.1. The summed E-state index contributed by atoms with van der Waals surface area (Å²) < 4.78 is 1.93. The summed E-state index contributed by atoms with van der Waals surface area (Å²) in [6.45, 7) is 1.48. The van der Waals surface area contributed by atoms with Gasteiger partial charge in [-0.05, 0) is 12.8 Å². The van der Waals surface area contributed by atoms with E-state index in [0.717, 1.165) is 36.7 Å². The van der Waals surface area contributed by atoms with Gasteiger partial charge in [-0.15, -0.1) is 0 Å². The Morgan fingerprint density at radius 3 is 3.15 bits per heavy atom. The van der Waals surface area contributed by atoms with Crippen molar-refractivity contribution >= 4 is 23.2 Å². The standard InChI is InChI=1S/C13H18N6O/c1-15-10-8-19-6-4-16-12(19)13(17-10)18-5-2-3-9(7-18)11(14)20/h4,6,8-9,15H,2-3,5,7H2,1H3,(H2,14,20). The summed E-state index contributed by atoms with van der Waals surface area (Å²) in [4.78, 5) is 22.5. The normalized spacial score (nSPS) is 19.2. The molecule has 1 fully saturated rings. The van der Waals surface area contributed by atoms with Gasteiger partial charge in [0.15, 0.2) is 11.5 Å². The monoisotopic (exact) mass is 274 g/mol. The quantitative estimate of drug-likeness (QED) is 0.849. The topological polar surface area (TPSA) is 88.5 Å². The molecule has 2 aromatic heterocycles. The molecule has 1 amide bonds. The van der Waals surface area contributed by atoms with Crippen molar-refractivity contribution in [1.29, 1.82) is 0 Å². The first-order chi connectivity index (χ1) is 9.69. The number of anilines is 2. The number of nitrogens with two attached hydrogens (primary N) is 1. The number of aromatic nitrogens is 3. The largest absolute Gasteiger partial charge is 0.372 e. The molecule has 3 heterocycles. The highest BCUT2D eigenvalue weighted by Gasteiger charge is 2.26. The van der Waals surface area contributed by atoms with Gasteiger partial charge in [0.2, 0.25) is 5.91 Å². The maximum absolute atomic E-state index is 11.4. The smallest absolute Gasteiger partial charge is 0.222 e. The summed E-state index contributed by atoms with van der Waals surface area (Å²) in [6, 6.07) is 0. The van der Waals surface area contributed by atoms with Gasteiger partial charge in [0.1, 0.15) is 5.82 Å². The zero-order valence-corrected chi connectivity index (χ0v) is 11.4. The number of piperidine rings is 1. The number of hydrogen-bond acceptors (Lipinski definition) is 5. The first-order valence-electron chi connectivity index (χ1n) is 6.75. The van der Waals surface area contributed by atoms with Crippen LogP contribution in [0, 0.1) is 5.92 Å². The van der Waals surface area contributed by atoms with Crippen molar-refractivity contribution in [1.82, 2.24) is 14.4 Å². The second kappa shape index (κ2) is 4.99. The van der Waals surface area contributed by atoms with Crippen molar-refractivity contribution in [3.05, 3.63) is 18.6 Å². The Morgan fingerprint density at radius 1 is 1.55 bits per heavy atom. The van der Waals surface area contributed by atoms with Crippen LogP contribution in [0.25, 0.3) is 5.65 Å². The van der Waals surface area contributed by atoms with Crippen LogP contribution in [-0.4, -0.2) is 40.4 Å². The molecular formula is C13H18N6O. The number of primary amides is 1. The van der Waals surface area contributed by atoms with Crippen LogP contribution in [0.15, 0.2) is 18.6 Å². The molecule has 3 rings (SSSR count). The van der Waals surface area contributed by atoms with Crippen LogP contribution in [0.4, 0.5) is 11.6 Å². The minimum atomic E-state index is -0.237. The fraction of sp³-hybridized carbons (Fsp3) is 0.462. The molecule has 0 spiro atoms. The summed E-state index contributed by atoms with van der Waals surface area (Å²) in [6.07, 6.45) is 7.31. The number of carbonyl (C=O) groups is 1. The number of hydrogen-bond donors (Lipinski definition) is 2. The van der Waals surface area contributed by atoms with E-state index in [1.807, 2.05) is 23.8 Å². The third-order valence-electron chi connectivity index (χ3n) is 3.74. The van der Waals surface area contributed by atoms with E-state index >= 15 is 0 Å². The predicted molar refractivity (Wildman–Crippen MR) is 76.7 cm³/mol. The van der Waals surface area contributed by atoms with E-state index in [1.54, 1.807) is 6.20 Å². The lowest BCUT2D eigenvalue weighted by Gasteiger charge is -2.32. The van der Waals surface area contributed by atoms with Crippen molar-refractivity contribution < 1.29 is 4.79 Å². The molecule has 1 saturated heterocycles. The molecule has 0 aromatic carbocycles. The molecule has 0 radical (unpaired) electrons. The highest BCUT2D eigenvalue weighted by molar-refractivity contribution is 5.78. The highest BCUT2D eigenvalue weighted by atomic mass is 16.1. The van der Waals surface area contributed by atoms with Gasteiger partial charge in [0, 0.05) is 32.5 Å². The van der Waals surface area contributed by atoms with Crippen LogP contribution < -0.4 is 16.0 Å². The van der Waals surface area contributed by atoms with Crippen LogP contribution in [0.3, 0.4) is 0 Å². The molecule has 0 aliphatic carbocycles. The highest BCUT2D eigenvalue weighted by Crippen LogP contribution is 2.26. The Hall–Kier alpha value is -2.31. The Bertz CT molecular complexity index is 637. The van der Waals surface area contributed by atoms with Crippen molar-refractivity contribution in [2.75, 3.05) is 30.4 Å². The molecule has 0 saturated carbocycles. The summed E-state index contributed by atoms with van der Waals surface area (Å²) in [7, 11) is 1.83. The van der Waals surface area contributed by atoms with Crippen LogP contribution in [0.2, 0.25) is 0 Å². The van der Waals surface area contributed by atoms with Crippen LogP contribution in [-0.2, 0) is 4.79 Å². The van der Waals surface area contributed by atoms with Crippen LogP contribution in [0.5, 0.6) is 0 Å². The Balaban J connectivity index is 2.00. The summed E-state index contributed by atoms with van der Waals surface area (Å²) in [5.74, 6) is 1.22. The van der Waals surface area contributed by atoms with E-state index in [4.69, 9.17) is 5.73 Å². The molecule has 1 aliphatic rings. The lowest BCUT2D eigenvalue weighted by molar-refractivity contribution is -0.122. The average molecular weight is 274 g/mol. The van der Waals surface area contributed by atoms with Crippen molar-refractivity contribution in [3.63, 3.8) is 0 Å². The third kappa shape index (κ3) is 2.15. The summed E-state index contributed by atoms with van der Waals surface area (Å²) in [5.41, 5.74) is 6.24. The SMILES string of the molecule is CNc1cn2ccnc2c(N2CCCC(C(N)=O)C2)n1. The van der Waals surface area contributed by atoms with Crippen molar-refractivity contribution in [2.24, 2.45) is 11.7 Å². The number of carbonyl (C=O) groups excluding carboxylic acids is 1. The van der Waals surface area contributed by atoms with Crippen molar-refractivity contribution in [3.8, 4) is 0 Å². The second-order valence-corrected chi connectivity index (χ2v) is 5.05. The van der Waals surface area contributed by atoms with E-state index in [1.165, 1.54) is 0 Å². The van der Waals surface area contributed by atoms with Gasteiger partial charge >= 0.3 is 0 Å². The van der Waals surface area contributed by atoms with Gasteiger partial charge in [0.25, 0.3) is 0 Å². The molecule has 106 valence electrons. The lowest BCUT2D eigenvalue weighted by atomic mass is 9.97. The minimum absolute atomic E-state index is 0.112. The first kappa shape index (κ1) is 12.7. The molecule has 7 heteroatoms. The first-order valence-corrected chi connectivity index (χ1v) is 6.75. The number of fused-ring (bicyclic) bond motifs is 1. The maximum Gasteiger partial charge on any atom is 0.222 e. The van der Waals surface area contributed by atoms with Crippen molar-refractivity contribution in [2.45, 2.75) is 12.8 Å². The van der Waals surface area contributed by atoms with Crippen LogP contribution >= 0.6 is 0 Å². The zero-order valence-electron chi connectivity index (χ0n) is 11.4. The van der Waals surface area contributed by atoms with E-state index in [-0.39, 0.29) is 11.8 Å². The van der Waals surface area contributed by atoms with Crippen LogP contribution in [0.1, 0.15) is 12.8 Å². The number of amides is 1. The number of nitrogens with one attached hydrogen (secondary N) is 1. The predicted octanol–water partition coefficient (Wildman–Crippen LogP) is 0.473. The number of nitrogens with zero attached hydrogens (tertiary/aromatic N) is 4. The molecule has 1 atom stereocenters. The minimum Gasteiger partial charge on any atom is -0.372 e. The molecule has 20 heavy (non-hydrogen) atoms. The number of imidazole rings is 1. The Labute approximate surface area is 116 Å². The fourth-order valence-electron chi connectivity index (χ4n) is 2.65. The molecule has 0 bridgehead atoms. The Morgan fingerprint density at radius 2 is 2.40 bits per heavy atom. The summed E-state index contributed by atoms with van der Waals surface area (Å²) in [5, 5.41) is 3.04. The van der Waals surface area contributed by atoms with E-state index < -0.39 is 0 Å². The third-order valence-corrected chi connectivity index (χ3v) is 3.74. The molecule has 1 unspecified atom stereocenters. The molecule has 3 N–H and O–H groups in total. The van der Waals surface area contributed by atoms with E-state index in [0.29, 0.717) is 6.54 Å². The van der Waals surface area contributed by atoms with E-state index in [9.17, 15) is 4.79 Å². The van der Waals surface area contributed by atoms with Gasteiger partial charge in [-0.3, -0.25) is 4.79 Å². The molecule has 7 nitrogen and oxygen atoms in total. The summed E-state index contributed by atoms with van der Waals surface area (Å²) >= 11 is 0. The molecular weight excluding hydrogens is 256 g/mol. The fourth-order valence-corrected chi connectivity index (χ4v) is 2.65. The molecule has 2 aromatic rings. The number of rotatable bonds is 3. The van der Waals surface area contributed by atoms with Gasteiger partial charge in [-0.1, -0.05) is 0 Å². The van der Waals surface area contributed by atoms with Gasteiger partial charge in [-0.25, -0.2) is 9.97 Å². The maximum atomic E-state index is 11.4.